The Morgan fingerprint density at radius 1 is 1.54 bits per heavy atom. The summed E-state index contributed by atoms with van der Waals surface area (Å²) in [6.07, 6.45) is 4.65. The molecule has 1 atom stereocenters. The van der Waals surface area contributed by atoms with Gasteiger partial charge in [0.25, 0.3) is 0 Å². The number of ether oxygens (including phenoxy) is 1. The van der Waals surface area contributed by atoms with Gasteiger partial charge in [0.1, 0.15) is 0 Å². The molecule has 0 amide bonds. The molecule has 1 heterocycles. The van der Waals surface area contributed by atoms with Crippen molar-refractivity contribution in [1.29, 1.82) is 0 Å². The molecule has 1 N–H and O–H groups in total. The fourth-order valence-electron chi connectivity index (χ4n) is 2.04. The van der Waals surface area contributed by atoms with Crippen LogP contribution in [0.25, 0.3) is 0 Å². The smallest absolute Gasteiger partial charge is 0.0477 e. The SMILES string of the molecule is COCCC1CCCN1CCCO. The number of nitrogens with zero attached hydrogens (tertiary/aromatic N) is 1. The molecule has 0 aromatic heterocycles. The second-order valence-electron chi connectivity index (χ2n) is 3.69. The topological polar surface area (TPSA) is 32.7 Å². The van der Waals surface area contributed by atoms with Gasteiger partial charge in [-0.1, -0.05) is 0 Å². The first-order valence-corrected chi connectivity index (χ1v) is 5.22. The second-order valence-corrected chi connectivity index (χ2v) is 3.69. The van der Waals surface area contributed by atoms with Gasteiger partial charge < -0.3 is 14.7 Å². The number of rotatable bonds is 6. The van der Waals surface area contributed by atoms with Crippen LogP contribution in [0.1, 0.15) is 25.7 Å². The summed E-state index contributed by atoms with van der Waals surface area (Å²) in [6.45, 7) is 3.42. The highest BCUT2D eigenvalue weighted by Gasteiger charge is 2.22. The van der Waals surface area contributed by atoms with Gasteiger partial charge in [-0.25, -0.2) is 0 Å². The number of hydrogen-bond acceptors (Lipinski definition) is 3. The van der Waals surface area contributed by atoms with Crippen molar-refractivity contribution in [1.82, 2.24) is 4.90 Å². The Hall–Kier alpha value is -0.120. The van der Waals surface area contributed by atoms with E-state index in [9.17, 15) is 0 Å². The Morgan fingerprint density at radius 2 is 2.38 bits per heavy atom. The first-order valence-electron chi connectivity index (χ1n) is 5.22. The summed E-state index contributed by atoms with van der Waals surface area (Å²) in [5, 5.41) is 8.74. The van der Waals surface area contributed by atoms with E-state index < -0.39 is 0 Å². The van der Waals surface area contributed by atoms with E-state index >= 15 is 0 Å². The number of methoxy groups -OCH3 is 1. The van der Waals surface area contributed by atoms with Gasteiger partial charge in [0.2, 0.25) is 0 Å². The first-order chi connectivity index (χ1) is 6.38. The number of aliphatic hydroxyl groups is 1. The molecule has 0 radical (unpaired) electrons. The zero-order valence-corrected chi connectivity index (χ0v) is 8.54. The lowest BCUT2D eigenvalue weighted by molar-refractivity contribution is 0.147. The predicted molar refractivity (Wildman–Crippen MR) is 52.8 cm³/mol. The largest absolute Gasteiger partial charge is 0.396 e. The molecule has 78 valence electrons. The quantitative estimate of drug-likeness (QED) is 0.669. The molecule has 0 bridgehead atoms. The minimum atomic E-state index is 0.313. The van der Waals surface area contributed by atoms with E-state index in [1.54, 1.807) is 7.11 Å². The molecular formula is C10H21NO2. The molecule has 0 aromatic rings. The molecular weight excluding hydrogens is 166 g/mol. The zero-order valence-electron chi connectivity index (χ0n) is 8.54. The Labute approximate surface area is 80.7 Å². The Morgan fingerprint density at radius 3 is 3.08 bits per heavy atom. The van der Waals surface area contributed by atoms with Crippen molar-refractivity contribution in [3.8, 4) is 0 Å². The molecule has 13 heavy (non-hydrogen) atoms. The van der Waals surface area contributed by atoms with Gasteiger partial charge in [0.15, 0.2) is 0 Å². The molecule has 3 heteroatoms. The normalized spacial score (nSPS) is 24.0. The van der Waals surface area contributed by atoms with Crippen LogP contribution in [0, 0.1) is 0 Å². The van der Waals surface area contributed by atoms with E-state index in [4.69, 9.17) is 9.84 Å². The summed E-state index contributed by atoms with van der Waals surface area (Å²) >= 11 is 0. The van der Waals surface area contributed by atoms with Crippen LogP contribution in [0.5, 0.6) is 0 Å². The molecule has 1 aliphatic heterocycles. The minimum Gasteiger partial charge on any atom is -0.396 e. The molecule has 0 aromatic carbocycles. The third-order valence-electron chi connectivity index (χ3n) is 2.76. The van der Waals surface area contributed by atoms with E-state index in [0.717, 1.165) is 26.0 Å². The van der Waals surface area contributed by atoms with Gasteiger partial charge in [-0.3, -0.25) is 0 Å². The lowest BCUT2D eigenvalue weighted by atomic mass is 10.1. The van der Waals surface area contributed by atoms with E-state index in [1.807, 2.05) is 0 Å². The fourth-order valence-corrected chi connectivity index (χ4v) is 2.04. The van der Waals surface area contributed by atoms with E-state index in [0.29, 0.717) is 12.6 Å². The monoisotopic (exact) mass is 187 g/mol. The van der Waals surface area contributed by atoms with Crippen LogP contribution < -0.4 is 0 Å². The van der Waals surface area contributed by atoms with Crippen LogP contribution in [-0.4, -0.2) is 49.5 Å². The van der Waals surface area contributed by atoms with Gasteiger partial charge in [-0.15, -0.1) is 0 Å². The Balaban J connectivity index is 2.18. The number of aliphatic hydroxyl groups excluding tert-OH is 1. The third-order valence-corrected chi connectivity index (χ3v) is 2.76. The summed E-state index contributed by atoms with van der Waals surface area (Å²) in [5.74, 6) is 0. The van der Waals surface area contributed by atoms with Crippen LogP contribution in [0.3, 0.4) is 0 Å². The first kappa shape index (κ1) is 11.0. The van der Waals surface area contributed by atoms with Crippen molar-refractivity contribution in [2.45, 2.75) is 31.7 Å². The van der Waals surface area contributed by atoms with Crippen LogP contribution >= 0.6 is 0 Å². The fraction of sp³-hybridized carbons (Fsp3) is 1.00. The molecule has 3 nitrogen and oxygen atoms in total. The lowest BCUT2D eigenvalue weighted by Crippen LogP contribution is -2.31. The maximum absolute atomic E-state index is 8.74. The third kappa shape index (κ3) is 3.63. The molecule has 1 saturated heterocycles. The van der Waals surface area contributed by atoms with E-state index in [1.165, 1.54) is 19.4 Å². The van der Waals surface area contributed by atoms with Crippen molar-refractivity contribution < 1.29 is 9.84 Å². The highest BCUT2D eigenvalue weighted by atomic mass is 16.5. The maximum atomic E-state index is 8.74. The summed E-state index contributed by atoms with van der Waals surface area (Å²) < 4.78 is 5.08. The van der Waals surface area contributed by atoms with Gasteiger partial charge in [0, 0.05) is 32.9 Å². The Bertz CT molecular complexity index is 116. The van der Waals surface area contributed by atoms with Crippen LogP contribution in [0.15, 0.2) is 0 Å². The molecule has 1 unspecified atom stereocenters. The average Bonchev–Trinajstić information content (AvgIpc) is 2.59. The standard InChI is InChI=1S/C10H21NO2/c1-13-9-5-10-4-2-6-11(10)7-3-8-12/h10,12H,2-9H2,1H3. The highest BCUT2D eigenvalue weighted by molar-refractivity contribution is 4.78. The molecule has 1 aliphatic rings. The predicted octanol–water partition coefficient (Wildman–Crippen LogP) is 0.870. The summed E-state index contributed by atoms with van der Waals surface area (Å²) in [6, 6.07) is 0.700. The summed E-state index contributed by atoms with van der Waals surface area (Å²) in [7, 11) is 1.76. The summed E-state index contributed by atoms with van der Waals surface area (Å²) in [4.78, 5) is 2.48. The van der Waals surface area contributed by atoms with Crippen molar-refractivity contribution in [3.63, 3.8) is 0 Å². The van der Waals surface area contributed by atoms with Crippen molar-refractivity contribution in [2.24, 2.45) is 0 Å². The van der Waals surface area contributed by atoms with Crippen LogP contribution in [0.2, 0.25) is 0 Å². The van der Waals surface area contributed by atoms with E-state index in [-0.39, 0.29) is 0 Å². The second kappa shape index (κ2) is 6.35. The minimum absolute atomic E-state index is 0.313. The molecule has 1 rings (SSSR count). The van der Waals surface area contributed by atoms with Gasteiger partial charge >= 0.3 is 0 Å². The Kier molecular flexibility index (Phi) is 5.35. The molecule has 1 fully saturated rings. The van der Waals surface area contributed by atoms with E-state index in [2.05, 4.69) is 4.90 Å². The molecule has 0 saturated carbocycles. The maximum Gasteiger partial charge on any atom is 0.0477 e. The van der Waals surface area contributed by atoms with Crippen molar-refractivity contribution in [2.75, 3.05) is 33.4 Å². The van der Waals surface area contributed by atoms with Crippen molar-refractivity contribution >= 4 is 0 Å². The van der Waals surface area contributed by atoms with Crippen LogP contribution in [0.4, 0.5) is 0 Å². The van der Waals surface area contributed by atoms with Gasteiger partial charge in [-0.05, 0) is 32.2 Å². The molecule has 0 aliphatic carbocycles. The highest BCUT2D eigenvalue weighted by Crippen LogP contribution is 2.19. The van der Waals surface area contributed by atoms with Crippen molar-refractivity contribution in [3.05, 3.63) is 0 Å². The van der Waals surface area contributed by atoms with Crippen LogP contribution in [-0.2, 0) is 4.74 Å². The average molecular weight is 187 g/mol. The number of likely N-dealkylation sites (tertiary alicyclic amines) is 1. The number of hydrogen-bond donors (Lipinski definition) is 1. The molecule has 0 spiro atoms. The lowest BCUT2D eigenvalue weighted by Gasteiger charge is -2.23. The van der Waals surface area contributed by atoms with Gasteiger partial charge in [0.05, 0.1) is 0 Å². The zero-order chi connectivity index (χ0) is 9.52. The van der Waals surface area contributed by atoms with Gasteiger partial charge in [-0.2, -0.15) is 0 Å². The summed E-state index contributed by atoms with van der Waals surface area (Å²) in [5.41, 5.74) is 0.